The molecule has 0 aromatic heterocycles. The molecule has 3 N–H and O–H groups in total. The molecule has 1 rings (SSSR count). The molecule has 0 aliphatic rings. The van der Waals surface area contributed by atoms with Gasteiger partial charge in [-0.05, 0) is 37.8 Å². The number of nitrogens with one attached hydrogen (secondary N) is 1. The monoisotopic (exact) mass is 276 g/mol. The van der Waals surface area contributed by atoms with Crippen LogP contribution in [0.5, 0.6) is 0 Å². The highest BCUT2D eigenvalue weighted by atomic mass is 16.1. The first-order valence-corrected chi connectivity index (χ1v) is 7.71. The van der Waals surface area contributed by atoms with Crippen LogP contribution < -0.4 is 11.1 Å². The average Bonchev–Trinajstić information content (AvgIpc) is 2.46. The van der Waals surface area contributed by atoms with E-state index < -0.39 is 0 Å². The molecule has 1 aromatic carbocycles. The lowest BCUT2D eigenvalue weighted by Gasteiger charge is -2.17. The highest BCUT2D eigenvalue weighted by molar-refractivity contribution is 5.76. The summed E-state index contributed by atoms with van der Waals surface area (Å²) in [4.78, 5) is 12.0. The number of carbonyl (C=O) groups excluding carboxylic acids is 1. The Bertz CT molecular complexity index is 372. The fourth-order valence-electron chi connectivity index (χ4n) is 2.55. The molecule has 0 fully saturated rings. The summed E-state index contributed by atoms with van der Waals surface area (Å²) < 4.78 is 0. The van der Waals surface area contributed by atoms with E-state index >= 15 is 0 Å². The Morgan fingerprint density at radius 3 is 2.50 bits per heavy atom. The van der Waals surface area contributed by atoms with Crippen molar-refractivity contribution in [1.29, 1.82) is 0 Å². The van der Waals surface area contributed by atoms with Gasteiger partial charge in [-0.25, -0.2) is 0 Å². The van der Waals surface area contributed by atoms with E-state index in [0.29, 0.717) is 18.9 Å². The molecule has 1 aromatic rings. The van der Waals surface area contributed by atoms with E-state index in [9.17, 15) is 4.79 Å². The zero-order chi connectivity index (χ0) is 14.8. The van der Waals surface area contributed by atoms with Crippen LogP contribution in [0, 0.1) is 5.92 Å². The third kappa shape index (κ3) is 6.20. The first kappa shape index (κ1) is 16.7. The van der Waals surface area contributed by atoms with Gasteiger partial charge in [0.05, 0.1) is 6.04 Å². The second-order valence-electron chi connectivity index (χ2n) is 5.47. The van der Waals surface area contributed by atoms with Gasteiger partial charge in [0.1, 0.15) is 0 Å². The summed E-state index contributed by atoms with van der Waals surface area (Å²) in [5.41, 5.74) is 6.77. The predicted octanol–water partition coefficient (Wildman–Crippen LogP) is 3.41. The van der Waals surface area contributed by atoms with E-state index in [0.717, 1.165) is 24.8 Å². The van der Waals surface area contributed by atoms with Crippen molar-refractivity contribution in [2.45, 2.75) is 52.0 Å². The SMILES string of the molecule is CCCC(CCN)CCC(=O)N[C@H](C)c1ccccc1. The van der Waals surface area contributed by atoms with Crippen molar-refractivity contribution >= 4 is 5.91 Å². The fourth-order valence-corrected chi connectivity index (χ4v) is 2.55. The van der Waals surface area contributed by atoms with E-state index in [2.05, 4.69) is 12.2 Å². The van der Waals surface area contributed by atoms with Gasteiger partial charge < -0.3 is 11.1 Å². The second-order valence-corrected chi connectivity index (χ2v) is 5.47. The van der Waals surface area contributed by atoms with Gasteiger partial charge in [0.2, 0.25) is 5.91 Å². The molecular weight excluding hydrogens is 248 g/mol. The lowest BCUT2D eigenvalue weighted by Crippen LogP contribution is -2.27. The van der Waals surface area contributed by atoms with E-state index in [1.165, 1.54) is 6.42 Å². The third-order valence-corrected chi connectivity index (χ3v) is 3.73. The molecule has 3 nitrogen and oxygen atoms in total. The number of nitrogens with two attached hydrogens (primary N) is 1. The van der Waals surface area contributed by atoms with Gasteiger partial charge in [0, 0.05) is 6.42 Å². The van der Waals surface area contributed by atoms with Crippen LogP contribution in [0.15, 0.2) is 30.3 Å². The molecule has 0 radical (unpaired) electrons. The number of hydrogen-bond acceptors (Lipinski definition) is 2. The van der Waals surface area contributed by atoms with Gasteiger partial charge in [-0.1, -0.05) is 50.1 Å². The maximum atomic E-state index is 12.0. The molecular formula is C17H28N2O. The lowest BCUT2D eigenvalue weighted by atomic mass is 9.94. The van der Waals surface area contributed by atoms with Crippen molar-refractivity contribution in [2.24, 2.45) is 11.7 Å². The molecule has 0 aliphatic carbocycles. The van der Waals surface area contributed by atoms with Gasteiger partial charge in [-0.2, -0.15) is 0 Å². The number of rotatable bonds is 9. The molecule has 112 valence electrons. The van der Waals surface area contributed by atoms with Crippen molar-refractivity contribution in [3.8, 4) is 0 Å². The van der Waals surface area contributed by atoms with Crippen molar-refractivity contribution in [3.63, 3.8) is 0 Å². The van der Waals surface area contributed by atoms with E-state index in [-0.39, 0.29) is 11.9 Å². The highest BCUT2D eigenvalue weighted by Crippen LogP contribution is 2.17. The number of hydrogen-bond donors (Lipinski definition) is 2. The van der Waals surface area contributed by atoms with Crippen molar-refractivity contribution < 1.29 is 4.79 Å². The summed E-state index contributed by atoms with van der Waals surface area (Å²) >= 11 is 0. The van der Waals surface area contributed by atoms with Crippen molar-refractivity contribution in [1.82, 2.24) is 5.32 Å². The van der Waals surface area contributed by atoms with E-state index in [1.54, 1.807) is 0 Å². The van der Waals surface area contributed by atoms with Crippen LogP contribution in [0.4, 0.5) is 0 Å². The molecule has 1 amide bonds. The highest BCUT2D eigenvalue weighted by Gasteiger charge is 2.12. The molecule has 0 bridgehead atoms. The van der Waals surface area contributed by atoms with Crippen LogP contribution in [0.25, 0.3) is 0 Å². The van der Waals surface area contributed by atoms with Gasteiger partial charge in [0.25, 0.3) is 0 Å². The summed E-state index contributed by atoms with van der Waals surface area (Å²) in [6.07, 6.45) is 4.89. The summed E-state index contributed by atoms with van der Waals surface area (Å²) in [5, 5.41) is 3.07. The van der Waals surface area contributed by atoms with Gasteiger partial charge in [0.15, 0.2) is 0 Å². The Morgan fingerprint density at radius 2 is 1.90 bits per heavy atom. The summed E-state index contributed by atoms with van der Waals surface area (Å²) in [6, 6.07) is 10.1. The zero-order valence-electron chi connectivity index (χ0n) is 12.8. The van der Waals surface area contributed by atoms with Crippen LogP contribution in [0.3, 0.4) is 0 Å². The largest absolute Gasteiger partial charge is 0.350 e. The van der Waals surface area contributed by atoms with Crippen LogP contribution in [0.1, 0.15) is 57.6 Å². The molecule has 3 heteroatoms. The van der Waals surface area contributed by atoms with E-state index in [1.807, 2.05) is 37.3 Å². The van der Waals surface area contributed by atoms with Crippen molar-refractivity contribution in [3.05, 3.63) is 35.9 Å². The minimum absolute atomic E-state index is 0.0721. The molecule has 0 aliphatic heterocycles. The smallest absolute Gasteiger partial charge is 0.220 e. The van der Waals surface area contributed by atoms with E-state index in [4.69, 9.17) is 5.73 Å². The maximum Gasteiger partial charge on any atom is 0.220 e. The minimum atomic E-state index is 0.0721. The Hall–Kier alpha value is -1.35. The summed E-state index contributed by atoms with van der Waals surface area (Å²) in [5.74, 6) is 0.724. The molecule has 0 spiro atoms. The first-order chi connectivity index (χ1) is 9.67. The van der Waals surface area contributed by atoms with Crippen LogP contribution in [0.2, 0.25) is 0 Å². The lowest BCUT2D eigenvalue weighted by molar-refractivity contribution is -0.122. The third-order valence-electron chi connectivity index (χ3n) is 3.73. The fraction of sp³-hybridized carbons (Fsp3) is 0.588. The Kier molecular flexibility index (Phi) is 7.97. The van der Waals surface area contributed by atoms with Gasteiger partial charge in [-0.3, -0.25) is 4.79 Å². The number of carbonyl (C=O) groups is 1. The Morgan fingerprint density at radius 1 is 1.20 bits per heavy atom. The minimum Gasteiger partial charge on any atom is -0.350 e. The Labute approximate surface area is 122 Å². The molecule has 2 atom stereocenters. The number of amides is 1. The zero-order valence-corrected chi connectivity index (χ0v) is 12.8. The summed E-state index contributed by atoms with van der Waals surface area (Å²) in [6.45, 7) is 4.92. The van der Waals surface area contributed by atoms with Crippen LogP contribution >= 0.6 is 0 Å². The van der Waals surface area contributed by atoms with Crippen LogP contribution in [-0.4, -0.2) is 12.5 Å². The number of benzene rings is 1. The normalized spacial score (nSPS) is 13.8. The first-order valence-electron chi connectivity index (χ1n) is 7.71. The van der Waals surface area contributed by atoms with Crippen molar-refractivity contribution in [2.75, 3.05) is 6.54 Å². The standard InChI is InChI=1S/C17H28N2O/c1-3-7-15(12-13-18)10-11-17(20)19-14(2)16-8-5-4-6-9-16/h4-6,8-9,14-15H,3,7,10-13,18H2,1-2H3,(H,19,20)/t14-,15?/m1/s1. The quantitative estimate of drug-likeness (QED) is 0.726. The van der Waals surface area contributed by atoms with Gasteiger partial charge >= 0.3 is 0 Å². The second kappa shape index (κ2) is 9.54. The van der Waals surface area contributed by atoms with Crippen LogP contribution in [-0.2, 0) is 4.79 Å². The molecule has 0 saturated carbocycles. The van der Waals surface area contributed by atoms with Gasteiger partial charge in [-0.15, -0.1) is 0 Å². The predicted molar refractivity (Wildman–Crippen MR) is 84.3 cm³/mol. The molecule has 0 heterocycles. The molecule has 0 saturated heterocycles. The summed E-state index contributed by atoms with van der Waals surface area (Å²) in [7, 11) is 0. The topological polar surface area (TPSA) is 55.1 Å². The maximum absolute atomic E-state index is 12.0. The molecule has 20 heavy (non-hydrogen) atoms. The Balaban J connectivity index is 2.35. The molecule has 1 unspecified atom stereocenters. The average molecular weight is 276 g/mol.